The van der Waals surface area contributed by atoms with Crippen LogP contribution in [0.2, 0.25) is 0 Å². The Kier molecular flexibility index (Phi) is 3.43. The van der Waals surface area contributed by atoms with Crippen molar-refractivity contribution >= 4 is 27.5 Å². The molecule has 0 saturated heterocycles. The number of fused-ring (bicyclic) bond motifs is 1. The van der Waals surface area contributed by atoms with Crippen molar-refractivity contribution in [2.45, 2.75) is 32.7 Å². The molecule has 2 aromatic rings. The lowest BCUT2D eigenvalue weighted by atomic mass is 10.2. The van der Waals surface area contributed by atoms with Gasteiger partial charge in [-0.05, 0) is 41.4 Å². The molecule has 1 atom stereocenters. The quantitative estimate of drug-likeness (QED) is 0.937. The van der Waals surface area contributed by atoms with Crippen LogP contribution in [0.5, 0.6) is 0 Å². The predicted octanol–water partition coefficient (Wildman–Crippen LogP) is 3.09. The molecule has 0 amide bonds. The summed E-state index contributed by atoms with van der Waals surface area (Å²) >= 11 is 3.46. The van der Waals surface area contributed by atoms with E-state index in [2.05, 4.69) is 45.2 Å². The summed E-state index contributed by atoms with van der Waals surface area (Å²) in [6.45, 7) is 4.32. The smallest absolute Gasteiger partial charge is 0.243 e. The molecule has 0 aliphatic carbocycles. The van der Waals surface area contributed by atoms with Gasteiger partial charge in [-0.2, -0.15) is 4.98 Å². The largest absolute Gasteiger partial charge is 0.350 e. The van der Waals surface area contributed by atoms with Gasteiger partial charge in [0.05, 0.1) is 4.47 Å². The minimum absolute atomic E-state index is 0.404. The van der Waals surface area contributed by atoms with Crippen LogP contribution in [0.15, 0.2) is 22.8 Å². The lowest BCUT2D eigenvalue weighted by Gasteiger charge is -2.09. The third-order valence-corrected chi connectivity index (χ3v) is 3.03. The molecule has 16 heavy (non-hydrogen) atoms. The number of anilines is 1. The minimum atomic E-state index is 0.404. The lowest BCUT2D eigenvalue weighted by Crippen LogP contribution is -2.15. The fourth-order valence-corrected chi connectivity index (χ4v) is 2.08. The fourth-order valence-electron chi connectivity index (χ4n) is 1.66. The Hall–Kier alpha value is -1.10. The van der Waals surface area contributed by atoms with Crippen molar-refractivity contribution < 1.29 is 0 Å². The molecule has 0 aliphatic heterocycles. The molecule has 1 unspecified atom stereocenters. The molecule has 86 valence electrons. The molecule has 0 spiro atoms. The standard InChI is InChI=1S/C11H15BrN4/c1-3-5-8(2)13-11-14-10-9(12)6-4-7-16(10)15-11/h4,6-8H,3,5H2,1-2H3,(H,13,15). The fraction of sp³-hybridized carbons (Fsp3) is 0.455. The molecule has 0 bridgehead atoms. The molecular formula is C11H15BrN4. The van der Waals surface area contributed by atoms with Gasteiger partial charge in [0.15, 0.2) is 5.65 Å². The Morgan fingerprint density at radius 2 is 2.38 bits per heavy atom. The van der Waals surface area contributed by atoms with E-state index in [1.807, 2.05) is 18.3 Å². The van der Waals surface area contributed by atoms with E-state index in [9.17, 15) is 0 Å². The van der Waals surface area contributed by atoms with E-state index in [0.717, 1.165) is 23.0 Å². The first kappa shape index (κ1) is 11.4. The molecule has 2 aromatic heterocycles. The normalized spacial score (nSPS) is 12.9. The van der Waals surface area contributed by atoms with Gasteiger partial charge in [0.2, 0.25) is 5.95 Å². The van der Waals surface area contributed by atoms with Gasteiger partial charge >= 0.3 is 0 Å². The first-order valence-corrected chi connectivity index (χ1v) is 6.27. The third kappa shape index (κ3) is 2.35. The second kappa shape index (κ2) is 4.82. The van der Waals surface area contributed by atoms with E-state index in [-0.39, 0.29) is 0 Å². The summed E-state index contributed by atoms with van der Waals surface area (Å²) in [6, 6.07) is 4.30. The first-order valence-electron chi connectivity index (χ1n) is 5.48. The SMILES string of the molecule is CCCC(C)Nc1nc2c(Br)cccn2n1. The molecular weight excluding hydrogens is 268 g/mol. The maximum atomic E-state index is 4.43. The van der Waals surface area contributed by atoms with Gasteiger partial charge in [0, 0.05) is 12.2 Å². The number of hydrogen-bond acceptors (Lipinski definition) is 3. The number of rotatable bonds is 4. The van der Waals surface area contributed by atoms with E-state index in [0.29, 0.717) is 12.0 Å². The van der Waals surface area contributed by atoms with Crippen LogP contribution in [0.3, 0.4) is 0 Å². The van der Waals surface area contributed by atoms with Crippen LogP contribution in [-0.2, 0) is 0 Å². The molecule has 5 heteroatoms. The van der Waals surface area contributed by atoms with Gasteiger partial charge in [0.1, 0.15) is 0 Å². The minimum Gasteiger partial charge on any atom is -0.350 e. The monoisotopic (exact) mass is 282 g/mol. The summed E-state index contributed by atoms with van der Waals surface area (Å²) in [6.07, 6.45) is 4.17. The molecule has 2 heterocycles. The van der Waals surface area contributed by atoms with E-state index >= 15 is 0 Å². The van der Waals surface area contributed by atoms with Gasteiger partial charge in [-0.1, -0.05) is 13.3 Å². The summed E-state index contributed by atoms with van der Waals surface area (Å²) in [7, 11) is 0. The Bertz CT molecular complexity index is 480. The summed E-state index contributed by atoms with van der Waals surface area (Å²) in [5.41, 5.74) is 0.841. The van der Waals surface area contributed by atoms with Crippen LogP contribution in [0.4, 0.5) is 5.95 Å². The highest BCUT2D eigenvalue weighted by Gasteiger charge is 2.08. The summed E-state index contributed by atoms with van der Waals surface area (Å²) in [5, 5.41) is 7.66. The zero-order chi connectivity index (χ0) is 11.5. The van der Waals surface area contributed by atoms with Gasteiger partial charge in [-0.3, -0.25) is 0 Å². The number of halogens is 1. The van der Waals surface area contributed by atoms with Crippen LogP contribution in [-0.4, -0.2) is 20.6 Å². The number of nitrogens with zero attached hydrogens (tertiary/aromatic N) is 3. The van der Waals surface area contributed by atoms with E-state index in [4.69, 9.17) is 0 Å². The molecule has 2 rings (SSSR count). The van der Waals surface area contributed by atoms with Crippen molar-refractivity contribution in [3.63, 3.8) is 0 Å². The number of pyridine rings is 1. The summed E-state index contributed by atoms with van der Waals surface area (Å²) in [4.78, 5) is 4.43. The van der Waals surface area contributed by atoms with Crippen LogP contribution in [0, 0.1) is 0 Å². The van der Waals surface area contributed by atoms with Gasteiger partial charge < -0.3 is 5.32 Å². The van der Waals surface area contributed by atoms with Crippen molar-refractivity contribution in [2.24, 2.45) is 0 Å². The molecule has 0 saturated carbocycles. The Labute approximate surface area is 103 Å². The molecule has 4 nitrogen and oxygen atoms in total. The first-order chi connectivity index (χ1) is 7.70. The van der Waals surface area contributed by atoms with Crippen molar-refractivity contribution in [3.05, 3.63) is 22.8 Å². The lowest BCUT2D eigenvalue weighted by molar-refractivity contribution is 0.683. The average Bonchev–Trinajstić information content (AvgIpc) is 2.62. The van der Waals surface area contributed by atoms with Gasteiger partial charge in [-0.25, -0.2) is 4.52 Å². The highest BCUT2D eigenvalue weighted by Crippen LogP contribution is 2.17. The summed E-state index contributed by atoms with van der Waals surface area (Å²) in [5.74, 6) is 0.688. The maximum Gasteiger partial charge on any atom is 0.243 e. The van der Waals surface area contributed by atoms with Crippen molar-refractivity contribution in [2.75, 3.05) is 5.32 Å². The van der Waals surface area contributed by atoms with Crippen LogP contribution in [0.25, 0.3) is 5.65 Å². The second-order valence-corrected chi connectivity index (χ2v) is 4.75. The summed E-state index contributed by atoms with van der Waals surface area (Å²) < 4.78 is 2.73. The molecule has 0 aromatic carbocycles. The van der Waals surface area contributed by atoms with E-state index < -0.39 is 0 Å². The van der Waals surface area contributed by atoms with Crippen molar-refractivity contribution in [1.29, 1.82) is 0 Å². The zero-order valence-corrected chi connectivity index (χ0v) is 11.0. The van der Waals surface area contributed by atoms with Crippen LogP contribution >= 0.6 is 15.9 Å². The highest BCUT2D eigenvalue weighted by molar-refractivity contribution is 9.10. The maximum absolute atomic E-state index is 4.43. The van der Waals surface area contributed by atoms with Gasteiger partial charge in [-0.15, -0.1) is 5.10 Å². The number of hydrogen-bond donors (Lipinski definition) is 1. The van der Waals surface area contributed by atoms with Crippen LogP contribution in [0.1, 0.15) is 26.7 Å². The molecule has 1 N–H and O–H groups in total. The Balaban J connectivity index is 2.23. The highest BCUT2D eigenvalue weighted by atomic mass is 79.9. The topological polar surface area (TPSA) is 42.2 Å². The second-order valence-electron chi connectivity index (χ2n) is 3.89. The predicted molar refractivity (Wildman–Crippen MR) is 68.7 cm³/mol. The van der Waals surface area contributed by atoms with Gasteiger partial charge in [0.25, 0.3) is 0 Å². The van der Waals surface area contributed by atoms with Crippen LogP contribution < -0.4 is 5.32 Å². The molecule has 0 radical (unpaired) electrons. The zero-order valence-electron chi connectivity index (χ0n) is 9.44. The molecule has 0 fully saturated rings. The number of aromatic nitrogens is 3. The Morgan fingerprint density at radius 3 is 3.06 bits per heavy atom. The Morgan fingerprint density at radius 1 is 1.56 bits per heavy atom. The third-order valence-electron chi connectivity index (χ3n) is 2.41. The van der Waals surface area contributed by atoms with E-state index in [1.165, 1.54) is 0 Å². The average molecular weight is 283 g/mol. The molecule has 0 aliphatic rings. The number of nitrogens with one attached hydrogen (secondary N) is 1. The van der Waals surface area contributed by atoms with Crippen molar-refractivity contribution in [3.8, 4) is 0 Å². The van der Waals surface area contributed by atoms with E-state index in [1.54, 1.807) is 4.52 Å². The van der Waals surface area contributed by atoms with Crippen molar-refractivity contribution in [1.82, 2.24) is 14.6 Å².